The number of aromatic nitrogens is 2. The molecule has 1 fully saturated rings. The quantitative estimate of drug-likeness (QED) is 0.705. The van der Waals surface area contributed by atoms with Gasteiger partial charge in [-0.05, 0) is 18.8 Å². The van der Waals surface area contributed by atoms with Crippen LogP contribution in [-0.4, -0.2) is 21.6 Å². The minimum atomic E-state index is -0.0746. The van der Waals surface area contributed by atoms with Gasteiger partial charge in [0.15, 0.2) is 0 Å². The Morgan fingerprint density at radius 3 is 2.92 bits per heavy atom. The van der Waals surface area contributed by atoms with Gasteiger partial charge >= 0.3 is 6.03 Å². The van der Waals surface area contributed by atoms with E-state index in [0.29, 0.717) is 6.04 Å². The molecule has 1 aromatic rings. The van der Waals surface area contributed by atoms with Gasteiger partial charge in [-0.1, -0.05) is 6.92 Å². The Labute approximate surface area is 77.0 Å². The second-order valence-electron chi connectivity index (χ2n) is 3.69. The molecule has 1 aromatic heterocycles. The van der Waals surface area contributed by atoms with Crippen molar-refractivity contribution in [1.82, 2.24) is 14.9 Å². The van der Waals surface area contributed by atoms with Crippen LogP contribution in [0.3, 0.4) is 0 Å². The zero-order valence-electron chi connectivity index (χ0n) is 7.60. The molecule has 1 aliphatic carbocycles. The summed E-state index contributed by atoms with van der Waals surface area (Å²) in [5.74, 6) is 0.757. The Hall–Kier alpha value is -1.32. The number of nitrogens with one attached hydrogen (secondary N) is 1. The molecule has 0 aliphatic heterocycles. The maximum atomic E-state index is 11.4. The first-order valence-electron chi connectivity index (χ1n) is 4.54. The third kappa shape index (κ3) is 1.71. The molecule has 13 heavy (non-hydrogen) atoms. The second kappa shape index (κ2) is 3.20. The number of imidazole rings is 1. The fraction of sp³-hybridized carbons (Fsp3) is 0.556. The van der Waals surface area contributed by atoms with Gasteiger partial charge in [-0.2, -0.15) is 0 Å². The highest BCUT2D eigenvalue weighted by Gasteiger charge is 2.26. The van der Waals surface area contributed by atoms with Crippen molar-refractivity contribution in [3.63, 3.8) is 0 Å². The van der Waals surface area contributed by atoms with Gasteiger partial charge in [-0.25, -0.2) is 9.78 Å². The highest BCUT2D eigenvalue weighted by molar-refractivity contribution is 5.76. The second-order valence-corrected chi connectivity index (χ2v) is 3.69. The van der Waals surface area contributed by atoms with E-state index < -0.39 is 0 Å². The molecule has 0 spiro atoms. The van der Waals surface area contributed by atoms with E-state index in [2.05, 4.69) is 17.2 Å². The lowest BCUT2D eigenvalue weighted by Gasteiger charge is -2.33. The third-order valence-corrected chi connectivity index (χ3v) is 2.44. The van der Waals surface area contributed by atoms with Crippen molar-refractivity contribution in [2.24, 2.45) is 5.92 Å². The van der Waals surface area contributed by atoms with Crippen molar-refractivity contribution < 1.29 is 4.79 Å². The van der Waals surface area contributed by atoms with Crippen LogP contribution in [0.1, 0.15) is 19.8 Å². The summed E-state index contributed by atoms with van der Waals surface area (Å²) in [5.41, 5.74) is 0. The lowest BCUT2D eigenvalue weighted by Crippen LogP contribution is -2.44. The standard InChI is InChI=1S/C9H13N3O/c1-7-4-8(5-7)11-9(13)12-3-2-10-6-12/h2-3,6-8H,4-5H2,1H3,(H,11,13). The maximum Gasteiger partial charge on any atom is 0.327 e. The van der Waals surface area contributed by atoms with Gasteiger partial charge in [0.05, 0.1) is 0 Å². The van der Waals surface area contributed by atoms with Gasteiger partial charge < -0.3 is 5.32 Å². The monoisotopic (exact) mass is 179 g/mol. The molecule has 0 bridgehead atoms. The van der Waals surface area contributed by atoms with E-state index in [1.54, 1.807) is 12.4 Å². The summed E-state index contributed by atoms with van der Waals surface area (Å²) in [7, 11) is 0. The Bertz CT molecular complexity index is 288. The third-order valence-electron chi connectivity index (χ3n) is 2.44. The van der Waals surface area contributed by atoms with Crippen LogP contribution < -0.4 is 5.32 Å². The SMILES string of the molecule is CC1CC(NC(=O)n2ccnc2)C1. The van der Waals surface area contributed by atoms with Crippen molar-refractivity contribution in [1.29, 1.82) is 0 Å². The fourth-order valence-corrected chi connectivity index (χ4v) is 1.65. The number of carbonyl (C=O) groups excluding carboxylic acids is 1. The molecular weight excluding hydrogens is 166 g/mol. The normalized spacial score (nSPS) is 26.5. The molecule has 0 radical (unpaired) electrons. The summed E-state index contributed by atoms with van der Waals surface area (Å²) in [4.78, 5) is 15.2. The van der Waals surface area contributed by atoms with Crippen LogP contribution in [0.25, 0.3) is 0 Å². The molecule has 4 heteroatoms. The molecule has 70 valence electrons. The van der Waals surface area contributed by atoms with Crippen LogP contribution in [0, 0.1) is 5.92 Å². The van der Waals surface area contributed by atoms with Crippen LogP contribution in [0.5, 0.6) is 0 Å². The summed E-state index contributed by atoms with van der Waals surface area (Å²) in [6, 6.07) is 0.291. The Kier molecular flexibility index (Phi) is 2.04. The smallest absolute Gasteiger partial charge is 0.327 e. The molecule has 4 nitrogen and oxygen atoms in total. The first kappa shape index (κ1) is 8.29. The minimum Gasteiger partial charge on any atom is -0.335 e. The zero-order chi connectivity index (χ0) is 9.26. The van der Waals surface area contributed by atoms with Crippen LogP contribution in [0.4, 0.5) is 4.79 Å². The van der Waals surface area contributed by atoms with Gasteiger partial charge in [0.1, 0.15) is 6.33 Å². The zero-order valence-corrected chi connectivity index (χ0v) is 7.60. The summed E-state index contributed by atoms with van der Waals surface area (Å²) in [6.07, 6.45) is 6.96. The maximum absolute atomic E-state index is 11.4. The van der Waals surface area contributed by atoms with Crippen LogP contribution >= 0.6 is 0 Å². The first-order chi connectivity index (χ1) is 6.25. The fourth-order valence-electron chi connectivity index (χ4n) is 1.65. The number of hydrogen-bond acceptors (Lipinski definition) is 2. The highest BCUT2D eigenvalue weighted by atomic mass is 16.2. The van der Waals surface area contributed by atoms with Gasteiger partial charge in [0, 0.05) is 18.4 Å². The predicted molar refractivity (Wildman–Crippen MR) is 48.3 cm³/mol. The number of amides is 1. The molecule has 0 aromatic carbocycles. The van der Waals surface area contributed by atoms with Crippen molar-refractivity contribution in [3.05, 3.63) is 18.7 Å². The van der Waals surface area contributed by atoms with Crippen LogP contribution in [-0.2, 0) is 0 Å². The first-order valence-corrected chi connectivity index (χ1v) is 4.54. The van der Waals surface area contributed by atoms with Crippen molar-refractivity contribution in [2.75, 3.05) is 0 Å². The van der Waals surface area contributed by atoms with E-state index in [1.807, 2.05) is 0 Å². The van der Waals surface area contributed by atoms with E-state index >= 15 is 0 Å². The molecule has 2 rings (SSSR count). The van der Waals surface area contributed by atoms with E-state index in [9.17, 15) is 4.79 Å². The largest absolute Gasteiger partial charge is 0.335 e. The average molecular weight is 179 g/mol. The molecule has 0 unspecified atom stereocenters. The van der Waals surface area contributed by atoms with E-state index in [1.165, 1.54) is 10.9 Å². The molecule has 1 N–H and O–H groups in total. The lowest BCUT2D eigenvalue weighted by atomic mass is 9.82. The highest BCUT2D eigenvalue weighted by Crippen LogP contribution is 2.26. The molecule has 1 aliphatic rings. The van der Waals surface area contributed by atoms with Crippen molar-refractivity contribution in [2.45, 2.75) is 25.8 Å². The number of hydrogen-bond donors (Lipinski definition) is 1. The molecule has 1 amide bonds. The molecule has 0 atom stereocenters. The number of nitrogens with zero attached hydrogens (tertiary/aromatic N) is 2. The van der Waals surface area contributed by atoms with Gasteiger partial charge in [0.2, 0.25) is 0 Å². The van der Waals surface area contributed by atoms with Gasteiger partial charge in [0.25, 0.3) is 0 Å². The minimum absolute atomic E-state index is 0.0746. The van der Waals surface area contributed by atoms with Crippen LogP contribution in [0.15, 0.2) is 18.7 Å². The van der Waals surface area contributed by atoms with Gasteiger partial charge in [-0.15, -0.1) is 0 Å². The Morgan fingerprint density at radius 2 is 2.38 bits per heavy atom. The Morgan fingerprint density at radius 1 is 1.62 bits per heavy atom. The average Bonchev–Trinajstić information content (AvgIpc) is 2.53. The summed E-state index contributed by atoms with van der Waals surface area (Å²) >= 11 is 0. The van der Waals surface area contributed by atoms with Crippen molar-refractivity contribution in [3.8, 4) is 0 Å². The summed E-state index contributed by atoms with van der Waals surface area (Å²) in [6.45, 7) is 2.19. The van der Waals surface area contributed by atoms with Crippen LogP contribution in [0.2, 0.25) is 0 Å². The summed E-state index contributed by atoms with van der Waals surface area (Å²) in [5, 5.41) is 2.93. The number of carbonyl (C=O) groups is 1. The topological polar surface area (TPSA) is 46.9 Å². The molecule has 1 heterocycles. The molecular formula is C9H13N3O. The van der Waals surface area contributed by atoms with E-state index in [4.69, 9.17) is 0 Å². The lowest BCUT2D eigenvalue weighted by molar-refractivity contribution is 0.211. The van der Waals surface area contributed by atoms with E-state index in [-0.39, 0.29) is 6.03 Å². The van der Waals surface area contributed by atoms with E-state index in [0.717, 1.165) is 18.8 Å². The van der Waals surface area contributed by atoms with Gasteiger partial charge in [-0.3, -0.25) is 4.57 Å². The predicted octanol–water partition coefficient (Wildman–Crippen LogP) is 1.24. The molecule has 0 saturated heterocycles. The molecule has 1 saturated carbocycles. The Balaban J connectivity index is 1.86. The number of rotatable bonds is 1. The summed E-state index contributed by atoms with van der Waals surface area (Å²) < 4.78 is 1.46. The van der Waals surface area contributed by atoms with Crippen molar-refractivity contribution >= 4 is 6.03 Å².